The van der Waals surface area contributed by atoms with Crippen LogP contribution in [0.2, 0.25) is 0 Å². The molecule has 0 saturated heterocycles. The van der Waals surface area contributed by atoms with Crippen molar-refractivity contribution in [1.82, 2.24) is 0 Å². The zero-order valence-corrected chi connectivity index (χ0v) is 21.2. The Hall–Kier alpha value is -4.04. The van der Waals surface area contributed by atoms with E-state index in [-0.39, 0.29) is 10.4 Å². The fourth-order valence-electron chi connectivity index (χ4n) is 4.32. The Labute approximate surface area is 220 Å². The number of fused-ring (bicyclic) bond motifs is 4. The number of alkyl halides is 6. The van der Waals surface area contributed by atoms with Crippen molar-refractivity contribution in [3.05, 3.63) is 127 Å². The van der Waals surface area contributed by atoms with Crippen molar-refractivity contribution >= 4 is 20.2 Å². The highest BCUT2D eigenvalue weighted by Crippen LogP contribution is 2.29. The molecule has 0 aliphatic heterocycles. The van der Waals surface area contributed by atoms with Crippen molar-refractivity contribution in [2.75, 3.05) is 0 Å². The first kappa shape index (κ1) is 27.5. The van der Waals surface area contributed by atoms with Gasteiger partial charge in [0.05, 0.1) is 0 Å². The lowest BCUT2D eigenvalue weighted by Gasteiger charge is -2.11. The van der Waals surface area contributed by atoms with Crippen LogP contribution in [0.4, 0.5) is 26.3 Å². The van der Waals surface area contributed by atoms with Crippen LogP contribution in [0.5, 0.6) is 11.5 Å². The molecule has 6 nitrogen and oxygen atoms in total. The average Bonchev–Trinajstić information content (AvgIpc) is 2.86. The second kappa shape index (κ2) is 9.27. The van der Waals surface area contributed by atoms with Gasteiger partial charge in [0.15, 0.2) is 0 Å². The van der Waals surface area contributed by atoms with E-state index < -0.39 is 42.8 Å². The predicted octanol–water partition coefficient (Wildman–Crippen LogP) is 5.60. The van der Waals surface area contributed by atoms with Crippen molar-refractivity contribution in [1.29, 1.82) is 0 Å². The molecule has 40 heavy (non-hydrogen) atoms. The van der Waals surface area contributed by atoms with Crippen LogP contribution in [0.25, 0.3) is 0 Å². The smallest absolute Gasteiger partial charge is 0.376 e. The monoisotopic (exact) mass is 600 g/mol. The molecule has 0 atom stereocenters. The first-order chi connectivity index (χ1) is 18.6. The zero-order chi connectivity index (χ0) is 29.1. The number of hydrogen-bond acceptors (Lipinski definition) is 6. The van der Waals surface area contributed by atoms with E-state index in [9.17, 15) is 43.2 Å². The summed E-state index contributed by atoms with van der Waals surface area (Å²) >= 11 is 0. The van der Waals surface area contributed by atoms with E-state index in [0.717, 1.165) is 24.3 Å². The third-order valence-electron chi connectivity index (χ3n) is 5.98. The van der Waals surface area contributed by atoms with E-state index in [1.54, 1.807) is 48.5 Å². The van der Waals surface area contributed by atoms with Crippen LogP contribution in [-0.2, 0) is 20.2 Å². The van der Waals surface area contributed by atoms with E-state index in [1.165, 1.54) is 12.1 Å². The summed E-state index contributed by atoms with van der Waals surface area (Å²) in [6, 6.07) is 20.4. The third kappa shape index (κ3) is 4.77. The third-order valence-corrected chi connectivity index (χ3v) is 7.93. The fraction of sp³-hybridized carbons (Fsp3) is 0.0769. The predicted molar refractivity (Wildman–Crippen MR) is 128 cm³/mol. The molecule has 0 spiro atoms. The highest BCUT2D eigenvalue weighted by Gasteiger charge is 2.49. The van der Waals surface area contributed by atoms with Crippen molar-refractivity contribution in [2.24, 2.45) is 0 Å². The Morgan fingerprint density at radius 3 is 0.975 bits per heavy atom. The topological polar surface area (TPSA) is 86.7 Å². The Bertz CT molecular complexity index is 2120. The molecule has 0 aromatic heterocycles. The van der Waals surface area contributed by atoms with Crippen LogP contribution in [0, 0.1) is 41.7 Å². The van der Waals surface area contributed by atoms with Crippen molar-refractivity contribution in [2.45, 2.75) is 11.0 Å². The molecule has 14 heteroatoms. The molecular formula is C26H14F6O6S2. The minimum atomic E-state index is -6.06. The number of hydrogen-bond donors (Lipinski definition) is 0. The summed E-state index contributed by atoms with van der Waals surface area (Å²) in [6.07, 6.45) is 0. The largest absolute Gasteiger partial charge is 0.534 e. The first-order valence-electron chi connectivity index (χ1n) is 11.1. The minimum Gasteiger partial charge on any atom is -0.376 e. The fourth-order valence-corrected chi connectivity index (χ4v) is 5.22. The maximum Gasteiger partial charge on any atom is 0.534 e. The zero-order valence-electron chi connectivity index (χ0n) is 19.6. The SMILES string of the molecule is O=S(=O)(Oc1ccc2/c(c1)=c1/cc(OS(=O)(=O)C(F)(F)F)cc/c1=c1\cccc\c1=c1/cccc/c1=2)C(F)(F)F. The molecule has 0 saturated carbocycles. The summed E-state index contributed by atoms with van der Waals surface area (Å²) in [5.74, 6) is -1.47. The molecule has 0 heterocycles. The molecule has 0 N–H and O–H groups in total. The van der Waals surface area contributed by atoms with Crippen molar-refractivity contribution in [3.8, 4) is 11.5 Å². The van der Waals surface area contributed by atoms with Gasteiger partial charge in [-0.25, -0.2) is 0 Å². The molecule has 0 bridgehead atoms. The van der Waals surface area contributed by atoms with Crippen LogP contribution in [0.3, 0.4) is 0 Å². The molecule has 0 fully saturated rings. The maximum absolute atomic E-state index is 13.0. The first-order valence-corrected chi connectivity index (χ1v) is 13.9. The van der Waals surface area contributed by atoms with Crippen LogP contribution < -0.4 is 8.37 Å². The highest BCUT2D eigenvalue weighted by molar-refractivity contribution is 7.88. The second-order valence-corrected chi connectivity index (χ2v) is 11.5. The summed E-state index contributed by atoms with van der Waals surface area (Å²) < 4.78 is 133. The van der Waals surface area contributed by atoms with E-state index >= 15 is 0 Å². The number of rotatable bonds is 4. The molecule has 4 aromatic rings. The molecule has 208 valence electrons. The van der Waals surface area contributed by atoms with E-state index in [1.807, 2.05) is 0 Å². The summed E-state index contributed by atoms with van der Waals surface area (Å²) in [5.41, 5.74) is -11.5. The molecule has 1 aliphatic carbocycles. The summed E-state index contributed by atoms with van der Waals surface area (Å²) in [4.78, 5) is 0. The van der Waals surface area contributed by atoms with Crippen LogP contribution in [0.1, 0.15) is 0 Å². The minimum absolute atomic E-state index is 0.0432. The molecular weight excluding hydrogens is 586 g/mol. The molecule has 1 aliphatic rings. The van der Waals surface area contributed by atoms with Gasteiger partial charge in [0.25, 0.3) is 0 Å². The second-order valence-electron chi connectivity index (χ2n) is 8.47. The van der Waals surface area contributed by atoms with Gasteiger partial charge in [-0.2, -0.15) is 43.2 Å². The van der Waals surface area contributed by atoms with E-state index in [2.05, 4.69) is 8.37 Å². The van der Waals surface area contributed by atoms with Crippen LogP contribution in [-0.4, -0.2) is 27.9 Å². The molecule has 5 rings (SSSR count). The maximum atomic E-state index is 13.0. The molecule has 0 unspecified atom stereocenters. The van der Waals surface area contributed by atoms with Gasteiger partial charge in [-0.3, -0.25) is 0 Å². The normalized spacial score (nSPS) is 16.8. The van der Waals surface area contributed by atoms with Gasteiger partial charge in [0.1, 0.15) is 11.5 Å². The molecule has 0 amide bonds. The van der Waals surface area contributed by atoms with Crippen molar-refractivity contribution < 1.29 is 51.5 Å². The number of benzene rings is 4. The standard InChI is InChI=1S/C26H14F6O6S2/c27-25(28,29)39(33,34)37-15-9-11-21-19-7-3-1-5-17(19)18-6-2-4-8-20(18)22-12-10-16(14-24(22)23(21)13-15)38-40(35,36)26(30,31)32/h1-14H/b18-17-,21-19-,22-20-,24-23-. The lowest BCUT2D eigenvalue weighted by atomic mass is 10.0. The molecule has 4 aromatic carbocycles. The lowest BCUT2D eigenvalue weighted by Crippen LogP contribution is -2.28. The average molecular weight is 601 g/mol. The van der Waals surface area contributed by atoms with Gasteiger partial charge >= 0.3 is 31.3 Å². The van der Waals surface area contributed by atoms with Gasteiger partial charge in [-0.1, -0.05) is 48.5 Å². The van der Waals surface area contributed by atoms with Gasteiger partial charge in [-0.15, -0.1) is 0 Å². The Morgan fingerprint density at radius 2 is 0.700 bits per heavy atom. The lowest BCUT2D eigenvalue weighted by molar-refractivity contribution is -0.0504. The Balaban J connectivity index is 2.03. The van der Waals surface area contributed by atoms with Crippen LogP contribution in [0.15, 0.2) is 84.9 Å². The van der Waals surface area contributed by atoms with E-state index in [0.29, 0.717) is 31.3 Å². The summed E-state index contributed by atoms with van der Waals surface area (Å²) in [7, 11) is -12.1. The van der Waals surface area contributed by atoms with Crippen LogP contribution >= 0.6 is 0 Å². The Morgan fingerprint density at radius 1 is 0.425 bits per heavy atom. The Kier molecular flexibility index (Phi) is 6.38. The summed E-state index contributed by atoms with van der Waals surface area (Å²) in [6.45, 7) is 0. The van der Waals surface area contributed by atoms with Gasteiger partial charge in [0.2, 0.25) is 0 Å². The van der Waals surface area contributed by atoms with Gasteiger partial charge in [0, 0.05) is 0 Å². The number of halogens is 6. The van der Waals surface area contributed by atoms with Crippen molar-refractivity contribution in [3.63, 3.8) is 0 Å². The van der Waals surface area contributed by atoms with E-state index in [4.69, 9.17) is 0 Å². The van der Waals surface area contributed by atoms with Gasteiger partial charge < -0.3 is 8.37 Å². The molecule has 0 radical (unpaired) electrons. The highest BCUT2D eigenvalue weighted by atomic mass is 32.2. The summed E-state index contributed by atoms with van der Waals surface area (Å²) in [5, 5.41) is 3.27. The van der Waals surface area contributed by atoms with Gasteiger partial charge in [-0.05, 0) is 78.1 Å². The quantitative estimate of drug-likeness (QED) is 0.152.